The van der Waals surface area contributed by atoms with Crippen LogP contribution in [0.4, 0.5) is 0 Å². The molecule has 2 aromatic heterocycles. The second kappa shape index (κ2) is 6.75. The van der Waals surface area contributed by atoms with Crippen LogP contribution < -0.4 is 5.32 Å². The summed E-state index contributed by atoms with van der Waals surface area (Å²) in [6.45, 7) is 4.29. The van der Waals surface area contributed by atoms with Gasteiger partial charge in [-0.25, -0.2) is 0 Å². The lowest BCUT2D eigenvalue weighted by atomic mass is 10.0. The first-order chi connectivity index (χ1) is 11.1. The highest BCUT2D eigenvalue weighted by molar-refractivity contribution is 7.13. The molecule has 0 aliphatic carbocycles. The second-order valence-corrected chi connectivity index (χ2v) is 6.32. The van der Waals surface area contributed by atoms with E-state index in [0.29, 0.717) is 18.1 Å². The molecule has 6 heteroatoms. The van der Waals surface area contributed by atoms with Crippen LogP contribution in [0.25, 0.3) is 10.7 Å². The summed E-state index contributed by atoms with van der Waals surface area (Å²) in [5.74, 6) is 0.897. The van der Waals surface area contributed by atoms with Crippen molar-refractivity contribution in [2.75, 3.05) is 0 Å². The van der Waals surface area contributed by atoms with Crippen LogP contribution >= 0.6 is 11.3 Å². The van der Waals surface area contributed by atoms with Gasteiger partial charge in [-0.3, -0.25) is 4.79 Å². The standard InChI is InChI=1S/C17H17N3O2S/c1-11-5-6-13(12(2)8-11)9-15(21)18-10-16-19-17(20-22-16)14-4-3-7-23-14/h3-8H,9-10H2,1-2H3,(H,18,21). The molecule has 1 aromatic carbocycles. The van der Waals surface area contributed by atoms with Gasteiger partial charge in [-0.2, -0.15) is 4.98 Å². The topological polar surface area (TPSA) is 68.0 Å². The van der Waals surface area contributed by atoms with E-state index in [0.717, 1.165) is 16.0 Å². The third kappa shape index (κ3) is 3.84. The summed E-state index contributed by atoms with van der Waals surface area (Å²) in [4.78, 5) is 17.3. The van der Waals surface area contributed by atoms with Crippen LogP contribution in [-0.2, 0) is 17.8 Å². The number of thiophene rings is 1. The van der Waals surface area contributed by atoms with Crippen LogP contribution in [0.1, 0.15) is 22.6 Å². The van der Waals surface area contributed by atoms with Crippen molar-refractivity contribution < 1.29 is 9.32 Å². The van der Waals surface area contributed by atoms with Crippen LogP contribution in [-0.4, -0.2) is 16.0 Å². The molecule has 118 valence electrons. The predicted octanol–water partition coefficient (Wildman–Crippen LogP) is 3.27. The normalized spacial score (nSPS) is 10.7. The molecule has 0 saturated carbocycles. The molecule has 2 heterocycles. The van der Waals surface area contributed by atoms with Crippen molar-refractivity contribution in [3.63, 3.8) is 0 Å². The molecular formula is C17H17N3O2S. The lowest BCUT2D eigenvalue weighted by Gasteiger charge is -2.06. The minimum absolute atomic E-state index is 0.0622. The van der Waals surface area contributed by atoms with Crippen LogP contribution in [0, 0.1) is 13.8 Å². The summed E-state index contributed by atoms with van der Waals surface area (Å²) < 4.78 is 5.16. The molecule has 0 bridgehead atoms. The molecule has 3 aromatic rings. The molecule has 0 atom stereocenters. The summed E-state index contributed by atoms with van der Waals surface area (Å²) in [7, 11) is 0. The Hall–Kier alpha value is -2.47. The van der Waals surface area contributed by atoms with Gasteiger partial charge in [0.15, 0.2) is 0 Å². The van der Waals surface area contributed by atoms with Gasteiger partial charge in [-0.1, -0.05) is 35.0 Å². The highest BCUT2D eigenvalue weighted by Crippen LogP contribution is 2.21. The van der Waals surface area contributed by atoms with Crippen molar-refractivity contribution in [1.82, 2.24) is 15.5 Å². The van der Waals surface area contributed by atoms with E-state index in [1.54, 1.807) is 11.3 Å². The monoisotopic (exact) mass is 327 g/mol. The average Bonchev–Trinajstić information content (AvgIpc) is 3.18. The molecular weight excluding hydrogens is 310 g/mol. The van der Waals surface area contributed by atoms with Crippen molar-refractivity contribution in [3.8, 4) is 10.7 Å². The molecule has 3 rings (SSSR count). The Morgan fingerprint density at radius 2 is 2.17 bits per heavy atom. The first-order valence-corrected chi connectivity index (χ1v) is 8.19. The summed E-state index contributed by atoms with van der Waals surface area (Å²) in [6, 6.07) is 9.94. The average molecular weight is 327 g/mol. The number of nitrogens with one attached hydrogen (secondary N) is 1. The second-order valence-electron chi connectivity index (χ2n) is 5.37. The Morgan fingerprint density at radius 3 is 2.91 bits per heavy atom. The van der Waals surface area contributed by atoms with Crippen LogP contribution in [0.15, 0.2) is 40.2 Å². The number of carbonyl (C=O) groups is 1. The fourth-order valence-electron chi connectivity index (χ4n) is 2.29. The summed E-state index contributed by atoms with van der Waals surface area (Å²) in [5.41, 5.74) is 3.34. The van der Waals surface area contributed by atoms with E-state index in [1.165, 1.54) is 5.56 Å². The third-order valence-electron chi connectivity index (χ3n) is 3.50. The number of rotatable bonds is 5. The molecule has 1 N–H and O–H groups in total. The summed E-state index contributed by atoms with van der Waals surface area (Å²) >= 11 is 1.55. The third-order valence-corrected chi connectivity index (χ3v) is 4.36. The van der Waals surface area contributed by atoms with Crippen LogP contribution in [0.5, 0.6) is 0 Å². The quantitative estimate of drug-likeness (QED) is 0.781. The van der Waals surface area contributed by atoms with Gasteiger partial charge >= 0.3 is 0 Å². The van der Waals surface area contributed by atoms with Gasteiger partial charge in [0, 0.05) is 0 Å². The number of nitrogens with zero attached hydrogens (tertiary/aromatic N) is 2. The zero-order chi connectivity index (χ0) is 16.2. The number of hydrogen-bond donors (Lipinski definition) is 1. The number of aryl methyl sites for hydroxylation is 2. The van der Waals surface area contributed by atoms with Crippen molar-refractivity contribution in [2.45, 2.75) is 26.8 Å². The molecule has 0 saturated heterocycles. The summed E-state index contributed by atoms with van der Waals surface area (Å²) in [5, 5.41) is 8.69. The lowest BCUT2D eigenvalue weighted by Crippen LogP contribution is -2.25. The van der Waals surface area contributed by atoms with E-state index >= 15 is 0 Å². The van der Waals surface area contributed by atoms with E-state index in [4.69, 9.17) is 4.52 Å². The van der Waals surface area contributed by atoms with Crippen LogP contribution in [0.2, 0.25) is 0 Å². The maximum atomic E-state index is 12.1. The number of carbonyl (C=O) groups excluding carboxylic acids is 1. The smallest absolute Gasteiger partial charge is 0.246 e. The van der Waals surface area contributed by atoms with Gasteiger partial charge in [0.25, 0.3) is 0 Å². The Bertz CT molecular complexity index is 809. The molecule has 0 unspecified atom stereocenters. The molecule has 0 aliphatic rings. The molecule has 0 radical (unpaired) electrons. The number of hydrogen-bond acceptors (Lipinski definition) is 5. The molecule has 1 amide bonds. The van der Waals surface area contributed by atoms with Crippen LogP contribution in [0.3, 0.4) is 0 Å². The van der Waals surface area contributed by atoms with E-state index in [9.17, 15) is 4.79 Å². The number of benzene rings is 1. The van der Waals surface area contributed by atoms with E-state index in [1.807, 2.05) is 43.5 Å². The van der Waals surface area contributed by atoms with Crippen molar-refractivity contribution >= 4 is 17.2 Å². The van der Waals surface area contributed by atoms with Crippen molar-refractivity contribution in [2.24, 2.45) is 0 Å². The van der Waals surface area contributed by atoms with Gasteiger partial charge in [0.1, 0.15) is 0 Å². The summed E-state index contributed by atoms with van der Waals surface area (Å²) in [6.07, 6.45) is 0.345. The van der Waals surface area contributed by atoms with Gasteiger partial charge in [-0.05, 0) is 36.4 Å². The Labute approximate surface area is 138 Å². The predicted molar refractivity (Wildman–Crippen MR) is 89.1 cm³/mol. The maximum Gasteiger partial charge on any atom is 0.246 e. The molecule has 0 spiro atoms. The fourth-order valence-corrected chi connectivity index (χ4v) is 2.94. The number of aromatic nitrogens is 2. The molecule has 23 heavy (non-hydrogen) atoms. The number of amides is 1. The Morgan fingerprint density at radius 1 is 1.30 bits per heavy atom. The largest absolute Gasteiger partial charge is 0.347 e. The first kappa shape index (κ1) is 15.4. The molecule has 5 nitrogen and oxygen atoms in total. The van der Waals surface area contributed by atoms with E-state index in [2.05, 4.69) is 21.5 Å². The molecule has 0 fully saturated rings. The van der Waals surface area contributed by atoms with E-state index in [-0.39, 0.29) is 12.5 Å². The zero-order valence-corrected chi connectivity index (χ0v) is 13.8. The van der Waals surface area contributed by atoms with Gasteiger partial charge < -0.3 is 9.84 Å². The van der Waals surface area contributed by atoms with E-state index < -0.39 is 0 Å². The Balaban J connectivity index is 1.57. The molecule has 0 aliphatic heterocycles. The lowest BCUT2D eigenvalue weighted by molar-refractivity contribution is -0.120. The zero-order valence-electron chi connectivity index (χ0n) is 13.0. The highest BCUT2D eigenvalue weighted by atomic mass is 32.1. The van der Waals surface area contributed by atoms with Crippen molar-refractivity contribution in [3.05, 3.63) is 58.3 Å². The minimum Gasteiger partial charge on any atom is -0.347 e. The minimum atomic E-state index is -0.0622. The first-order valence-electron chi connectivity index (χ1n) is 7.31. The SMILES string of the molecule is Cc1ccc(CC(=O)NCc2nc(-c3cccs3)no2)c(C)c1. The fraction of sp³-hybridized carbons (Fsp3) is 0.235. The van der Waals surface area contributed by atoms with Gasteiger partial charge in [0.05, 0.1) is 17.8 Å². The van der Waals surface area contributed by atoms with Gasteiger partial charge in [-0.15, -0.1) is 11.3 Å². The Kier molecular flexibility index (Phi) is 4.52. The maximum absolute atomic E-state index is 12.1. The van der Waals surface area contributed by atoms with Crippen molar-refractivity contribution in [1.29, 1.82) is 0 Å². The van der Waals surface area contributed by atoms with Gasteiger partial charge in [0.2, 0.25) is 17.6 Å². The highest BCUT2D eigenvalue weighted by Gasteiger charge is 2.11.